The first-order valence-electron chi connectivity index (χ1n) is 5.02. The van der Waals surface area contributed by atoms with Crippen LogP contribution in [0.3, 0.4) is 0 Å². The summed E-state index contributed by atoms with van der Waals surface area (Å²) >= 11 is 0. The molecule has 1 amide bonds. The predicted molar refractivity (Wildman–Crippen MR) is 60.8 cm³/mol. The first-order valence-corrected chi connectivity index (χ1v) is 5.02. The molecule has 0 saturated heterocycles. The lowest BCUT2D eigenvalue weighted by molar-refractivity contribution is -0.112. The van der Waals surface area contributed by atoms with E-state index in [1.165, 1.54) is 0 Å². The first kappa shape index (κ1) is 9.71. The minimum absolute atomic E-state index is 0.248. The maximum Gasteiger partial charge on any atom is 0.316 e. The standard InChI is InChI=1S/C11H7N5O/c1-6-8-9(11(17)16-15-6)14-10(13-8)7-4-2-3-5-12-7/h2-5H,1H3. The fourth-order valence-electron chi connectivity index (χ4n) is 1.57. The number of azo groups is 1. The van der Waals surface area contributed by atoms with E-state index in [1.54, 1.807) is 25.3 Å². The van der Waals surface area contributed by atoms with Crippen molar-refractivity contribution in [2.45, 2.75) is 6.92 Å². The van der Waals surface area contributed by atoms with Crippen molar-refractivity contribution in [3.63, 3.8) is 0 Å². The molecule has 0 radical (unpaired) electrons. The summed E-state index contributed by atoms with van der Waals surface area (Å²) in [5, 5.41) is 7.21. The average Bonchev–Trinajstić information content (AvgIpc) is 2.81. The van der Waals surface area contributed by atoms with Gasteiger partial charge in [-0.3, -0.25) is 9.78 Å². The smallest absolute Gasteiger partial charge is 0.263 e. The van der Waals surface area contributed by atoms with Gasteiger partial charge in [-0.25, -0.2) is 9.98 Å². The van der Waals surface area contributed by atoms with Crippen molar-refractivity contribution < 1.29 is 4.79 Å². The number of pyridine rings is 1. The molecule has 0 atom stereocenters. The van der Waals surface area contributed by atoms with Crippen LogP contribution in [0.15, 0.2) is 56.0 Å². The highest BCUT2D eigenvalue weighted by Crippen LogP contribution is 2.22. The van der Waals surface area contributed by atoms with Crippen molar-refractivity contribution >= 4 is 17.5 Å². The van der Waals surface area contributed by atoms with Gasteiger partial charge in [-0.05, 0) is 19.1 Å². The van der Waals surface area contributed by atoms with E-state index in [-0.39, 0.29) is 5.71 Å². The molecule has 0 saturated carbocycles. The van der Waals surface area contributed by atoms with Crippen molar-refractivity contribution in [1.29, 1.82) is 0 Å². The fraction of sp³-hybridized carbons (Fsp3) is 0.0909. The summed E-state index contributed by atoms with van der Waals surface area (Å²) < 4.78 is 0. The molecule has 3 heterocycles. The molecule has 6 nitrogen and oxygen atoms in total. The summed E-state index contributed by atoms with van der Waals surface area (Å²) in [6.45, 7) is 1.74. The number of fused-ring (bicyclic) bond motifs is 1. The Morgan fingerprint density at radius 2 is 2.00 bits per heavy atom. The highest BCUT2D eigenvalue weighted by atomic mass is 16.2. The molecular weight excluding hydrogens is 218 g/mol. The van der Waals surface area contributed by atoms with Crippen LogP contribution in [-0.2, 0) is 4.79 Å². The summed E-state index contributed by atoms with van der Waals surface area (Å²) in [5.74, 6) is -0.0316. The summed E-state index contributed by atoms with van der Waals surface area (Å²) in [6, 6.07) is 5.43. The van der Waals surface area contributed by atoms with Gasteiger partial charge in [0.15, 0.2) is 11.5 Å². The zero-order valence-electron chi connectivity index (χ0n) is 8.95. The van der Waals surface area contributed by atoms with Gasteiger partial charge in [-0.15, -0.1) is 10.2 Å². The molecule has 0 aliphatic carbocycles. The Morgan fingerprint density at radius 1 is 1.12 bits per heavy atom. The quantitative estimate of drug-likeness (QED) is 0.725. The normalized spacial score (nSPS) is 18.1. The largest absolute Gasteiger partial charge is 0.316 e. The molecule has 3 rings (SSSR count). The van der Waals surface area contributed by atoms with Crippen molar-refractivity contribution in [1.82, 2.24) is 4.98 Å². The van der Waals surface area contributed by atoms with Crippen LogP contribution < -0.4 is 0 Å². The second-order valence-electron chi connectivity index (χ2n) is 3.55. The monoisotopic (exact) mass is 225 g/mol. The number of allylic oxidation sites excluding steroid dienone is 1. The molecule has 0 fully saturated rings. The van der Waals surface area contributed by atoms with Crippen molar-refractivity contribution in [2.75, 3.05) is 0 Å². The van der Waals surface area contributed by atoms with Crippen molar-refractivity contribution in [3.05, 3.63) is 41.5 Å². The number of nitrogens with zero attached hydrogens (tertiary/aromatic N) is 5. The second-order valence-corrected chi connectivity index (χ2v) is 3.55. The van der Waals surface area contributed by atoms with Gasteiger partial charge in [-0.1, -0.05) is 6.07 Å². The lowest BCUT2D eigenvalue weighted by Crippen LogP contribution is -2.14. The topological polar surface area (TPSA) is 79.4 Å². The lowest BCUT2D eigenvalue weighted by atomic mass is 10.2. The Balaban J connectivity index is 2.11. The number of hydrogen-bond donors (Lipinski definition) is 0. The SMILES string of the molecule is CC1=C2N=C(c3ccccn3)N=C2C(=O)N=N1. The molecule has 1 aromatic rings. The third-order valence-electron chi connectivity index (χ3n) is 2.39. The Bertz CT molecular complexity index is 625. The number of carbonyl (C=O) groups is 1. The van der Waals surface area contributed by atoms with Crippen LogP contribution in [0.25, 0.3) is 0 Å². The Morgan fingerprint density at radius 3 is 2.71 bits per heavy atom. The summed E-state index contributed by atoms with van der Waals surface area (Å²) in [5.41, 5.74) is 1.96. The zero-order chi connectivity index (χ0) is 11.8. The summed E-state index contributed by atoms with van der Waals surface area (Å²) in [7, 11) is 0. The van der Waals surface area contributed by atoms with E-state index in [9.17, 15) is 4.79 Å². The molecule has 1 aromatic heterocycles. The van der Waals surface area contributed by atoms with Crippen molar-refractivity contribution in [3.8, 4) is 0 Å². The van der Waals surface area contributed by atoms with E-state index >= 15 is 0 Å². The van der Waals surface area contributed by atoms with E-state index in [1.807, 2.05) is 6.07 Å². The first-order chi connectivity index (χ1) is 8.25. The fourth-order valence-corrected chi connectivity index (χ4v) is 1.57. The van der Waals surface area contributed by atoms with Gasteiger partial charge in [0.25, 0.3) is 0 Å². The van der Waals surface area contributed by atoms with Crippen LogP contribution in [0.1, 0.15) is 12.6 Å². The summed E-state index contributed by atoms with van der Waals surface area (Å²) in [6.07, 6.45) is 1.65. The van der Waals surface area contributed by atoms with E-state index in [2.05, 4.69) is 25.2 Å². The van der Waals surface area contributed by atoms with Crippen LogP contribution in [-0.4, -0.2) is 22.4 Å². The van der Waals surface area contributed by atoms with E-state index < -0.39 is 5.91 Å². The maximum atomic E-state index is 11.5. The highest BCUT2D eigenvalue weighted by Gasteiger charge is 2.29. The van der Waals surface area contributed by atoms with Crippen LogP contribution in [0.4, 0.5) is 0 Å². The number of carbonyl (C=O) groups excluding carboxylic acids is 1. The van der Waals surface area contributed by atoms with Crippen LogP contribution >= 0.6 is 0 Å². The number of amidine groups is 1. The molecular formula is C11H7N5O. The Hall–Kier alpha value is -2.50. The van der Waals surface area contributed by atoms with Gasteiger partial charge in [0, 0.05) is 6.20 Å². The van der Waals surface area contributed by atoms with E-state index in [0.717, 1.165) is 0 Å². The van der Waals surface area contributed by atoms with Crippen LogP contribution in [0.5, 0.6) is 0 Å². The third-order valence-corrected chi connectivity index (χ3v) is 2.39. The Kier molecular flexibility index (Phi) is 2.01. The van der Waals surface area contributed by atoms with Gasteiger partial charge in [0.05, 0.1) is 5.70 Å². The highest BCUT2D eigenvalue weighted by molar-refractivity contribution is 6.49. The molecule has 0 bridgehead atoms. The number of amides is 1. The van der Waals surface area contributed by atoms with E-state index in [0.29, 0.717) is 22.9 Å². The average molecular weight is 225 g/mol. The molecule has 6 heteroatoms. The molecule has 0 spiro atoms. The maximum absolute atomic E-state index is 11.5. The molecule has 0 unspecified atom stereocenters. The predicted octanol–water partition coefficient (Wildman–Crippen LogP) is 1.51. The number of aromatic nitrogens is 1. The van der Waals surface area contributed by atoms with E-state index in [4.69, 9.17) is 0 Å². The minimum atomic E-state index is -0.458. The van der Waals surface area contributed by atoms with Gasteiger partial charge in [-0.2, -0.15) is 0 Å². The molecule has 2 aliphatic rings. The van der Waals surface area contributed by atoms with Gasteiger partial charge >= 0.3 is 5.91 Å². The molecule has 2 aliphatic heterocycles. The lowest BCUT2D eigenvalue weighted by Gasteiger charge is -2.02. The van der Waals surface area contributed by atoms with Gasteiger partial charge in [0.2, 0.25) is 0 Å². The molecule has 82 valence electrons. The number of rotatable bonds is 1. The zero-order valence-corrected chi connectivity index (χ0v) is 8.95. The minimum Gasteiger partial charge on any atom is -0.263 e. The molecule has 0 N–H and O–H groups in total. The second kappa shape index (κ2) is 3.51. The third kappa shape index (κ3) is 1.50. The summed E-state index contributed by atoms with van der Waals surface area (Å²) in [4.78, 5) is 24.0. The van der Waals surface area contributed by atoms with Crippen LogP contribution in [0, 0.1) is 0 Å². The molecule has 17 heavy (non-hydrogen) atoms. The van der Waals surface area contributed by atoms with Crippen LogP contribution in [0.2, 0.25) is 0 Å². The van der Waals surface area contributed by atoms with Gasteiger partial charge < -0.3 is 0 Å². The molecule has 0 aromatic carbocycles. The van der Waals surface area contributed by atoms with Gasteiger partial charge in [0.1, 0.15) is 11.4 Å². The Labute approximate surface area is 96.5 Å². The van der Waals surface area contributed by atoms with Crippen molar-refractivity contribution in [2.24, 2.45) is 20.2 Å². The number of hydrogen-bond acceptors (Lipinski definition) is 5. The number of aliphatic imine (C=N–C) groups is 2.